The number of benzene rings is 12. The summed E-state index contributed by atoms with van der Waals surface area (Å²) in [5.74, 6) is 0. The molecule has 0 aromatic heterocycles. The third-order valence-electron chi connectivity index (χ3n) is 14.4. The van der Waals surface area contributed by atoms with Crippen LogP contribution in [0.1, 0.15) is 22.3 Å². The maximum Gasteiger partial charge on any atom is 0.0714 e. The van der Waals surface area contributed by atoms with Crippen LogP contribution in [-0.2, 0) is 5.41 Å². The van der Waals surface area contributed by atoms with Crippen molar-refractivity contribution in [2.45, 2.75) is 5.41 Å². The summed E-state index contributed by atoms with van der Waals surface area (Å²) in [6, 6.07) is 88.8. The van der Waals surface area contributed by atoms with E-state index in [1.165, 1.54) is 109 Å². The summed E-state index contributed by atoms with van der Waals surface area (Å²) in [7, 11) is 0. The predicted octanol–water partition coefficient (Wildman–Crippen LogP) is 17.0. The van der Waals surface area contributed by atoms with Crippen molar-refractivity contribution >= 4 is 92.5 Å². The van der Waals surface area contributed by atoms with Crippen molar-refractivity contribution in [2.75, 3.05) is 4.90 Å². The normalized spacial score (nSPS) is 13.1. The zero-order valence-corrected chi connectivity index (χ0v) is 35.0. The van der Waals surface area contributed by atoms with Gasteiger partial charge < -0.3 is 4.90 Å². The Hall–Kier alpha value is -8.26. The molecule has 0 aliphatic heterocycles. The van der Waals surface area contributed by atoms with Crippen molar-refractivity contribution < 1.29 is 0 Å². The van der Waals surface area contributed by atoms with Crippen molar-refractivity contribution in [3.8, 4) is 11.1 Å². The molecule has 13 aromatic carbocycles. The minimum atomic E-state index is -0.526. The fourth-order valence-electron chi connectivity index (χ4n) is 11.8. The first-order valence-corrected chi connectivity index (χ1v) is 22.3. The molecule has 64 heavy (non-hydrogen) atoms. The lowest BCUT2D eigenvalue weighted by atomic mass is 9.68. The summed E-state index contributed by atoms with van der Waals surface area (Å²) in [6.07, 6.45) is 0. The van der Waals surface area contributed by atoms with Crippen molar-refractivity contribution in [2.24, 2.45) is 0 Å². The number of fused-ring (bicyclic) bond motifs is 6. The summed E-state index contributed by atoms with van der Waals surface area (Å²) in [6.45, 7) is 0. The van der Waals surface area contributed by atoms with Gasteiger partial charge in [0.05, 0.1) is 11.1 Å². The standard InChI is InChI=1S/C63H39N/c1-3-20-46(21-4-1)63(47-22-5-2-6-23-47)55-28-10-9-24-53(55)62-56(63)29-14-30-57(62)64(48-36-35-40-15-7-8-16-44(40)37-48)49-38-45-34-33-43-18-12-26-51-50-25-11-17-41-31-32-42-19-13-27-52(60(42)58(41)50)54(39-49)61(45)59(43)51/h1-39H. The minimum Gasteiger partial charge on any atom is -0.310 e. The lowest BCUT2D eigenvalue weighted by molar-refractivity contribution is 0.768. The molecule has 0 unspecified atom stereocenters. The predicted molar refractivity (Wildman–Crippen MR) is 272 cm³/mol. The third-order valence-corrected chi connectivity index (χ3v) is 14.4. The molecule has 0 saturated carbocycles. The van der Waals surface area contributed by atoms with Crippen LogP contribution < -0.4 is 4.90 Å². The molecule has 0 fully saturated rings. The summed E-state index contributed by atoms with van der Waals surface area (Å²) in [4.78, 5) is 2.55. The molecule has 14 rings (SSSR count). The Morgan fingerprint density at radius 3 is 1.41 bits per heavy atom. The van der Waals surface area contributed by atoms with E-state index >= 15 is 0 Å². The topological polar surface area (TPSA) is 3.24 Å². The smallest absolute Gasteiger partial charge is 0.0714 e. The van der Waals surface area contributed by atoms with E-state index in [0.29, 0.717) is 0 Å². The summed E-state index contributed by atoms with van der Waals surface area (Å²) in [5, 5.41) is 17.7. The molecule has 13 aromatic rings. The van der Waals surface area contributed by atoms with Crippen molar-refractivity contribution in [1.29, 1.82) is 0 Å². The third kappa shape index (κ3) is 4.79. The quantitative estimate of drug-likeness (QED) is 0.157. The van der Waals surface area contributed by atoms with Crippen LogP contribution in [0.4, 0.5) is 17.1 Å². The van der Waals surface area contributed by atoms with Gasteiger partial charge in [-0.15, -0.1) is 0 Å². The second-order valence-electron chi connectivity index (χ2n) is 17.5. The first-order valence-electron chi connectivity index (χ1n) is 22.3. The molecule has 1 nitrogen and oxygen atoms in total. The molecular weight excluding hydrogens is 771 g/mol. The van der Waals surface area contributed by atoms with Crippen LogP contribution in [0.25, 0.3) is 86.5 Å². The van der Waals surface area contributed by atoms with Crippen LogP contribution in [0.5, 0.6) is 0 Å². The highest BCUT2D eigenvalue weighted by Gasteiger charge is 2.47. The second kappa shape index (κ2) is 13.4. The number of rotatable bonds is 5. The second-order valence-corrected chi connectivity index (χ2v) is 17.5. The highest BCUT2D eigenvalue weighted by atomic mass is 15.1. The maximum atomic E-state index is 2.55. The van der Waals surface area contributed by atoms with Gasteiger partial charge in [0.1, 0.15) is 0 Å². The largest absolute Gasteiger partial charge is 0.310 e. The van der Waals surface area contributed by atoms with Crippen LogP contribution in [0.2, 0.25) is 0 Å². The molecule has 0 amide bonds. The van der Waals surface area contributed by atoms with Gasteiger partial charge in [0.25, 0.3) is 0 Å². The molecule has 0 heterocycles. The van der Waals surface area contributed by atoms with E-state index in [-0.39, 0.29) is 0 Å². The molecule has 0 spiro atoms. The molecule has 1 aliphatic rings. The fourth-order valence-corrected chi connectivity index (χ4v) is 11.8. The SMILES string of the molecule is c1ccc(C2(c3ccccc3)c3ccccc3-c3c(N(c4ccc5ccccc5c4)c4cc5ccc6cccc7c8cccc9ccc%10cccc(c(c4)c5c67)c%10c98)cccc32)cc1. The Morgan fingerprint density at radius 1 is 0.281 bits per heavy atom. The van der Waals surface area contributed by atoms with Gasteiger partial charge in [-0.3, -0.25) is 0 Å². The van der Waals surface area contributed by atoms with Gasteiger partial charge >= 0.3 is 0 Å². The van der Waals surface area contributed by atoms with Gasteiger partial charge in [0, 0.05) is 16.9 Å². The molecule has 0 radical (unpaired) electrons. The highest BCUT2D eigenvalue weighted by molar-refractivity contribution is 6.37. The Kier molecular flexibility index (Phi) is 7.38. The summed E-state index contributed by atoms with van der Waals surface area (Å²) >= 11 is 0. The average molecular weight is 810 g/mol. The van der Waals surface area contributed by atoms with Gasteiger partial charge in [-0.05, 0) is 134 Å². The van der Waals surface area contributed by atoms with E-state index in [2.05, 4.69) is 241 Å². The van der Waals surface area contributed by atoms with E-state index in [4.69, 9.17) is 0 Å². The number of hydrogen-bond acceptors (Lipinski definition) is 1. The van der Waals surface area contributed by atoms with Crippen LogP contribution in [0.15, 0.2) is 237 Å². The van der Waals surface area contributed by atoms with Gasteiger partial charge in [0.2, 0.25) is 0 Å². The van der Waals surface area contributed by atoms with Crippen molar-refractivity contribution in [3.63, 3.8) is 0 Å². The molecule has 1 aliphatic carbocycles. The van der Waals surface area contributed by atoms with E-state index in [0.717, 1.165) is 17.1 Å². The fraction of sp³-hybridized carbons (Fsp3) is 0.0159. The maximum absolute atomic E-state index is 2.55. The van der Waals surface area contributed by atoms with Gasteiger partial charge in [-0.25, -0.2) is 0 Å². The van der Waals surface area contributed by atoms with E-state index in [1.807, 2.05) is 0 Å². The highest BCUT2D eigenvalue weighted by Crippen LogP contribution is 2.60. The first-order chi connectivity index (χ1) is 31.8. The Labute approximate surface area is 371 Å². The van der Waals surface area contributed by atoms with Crippen molar-refractivity contribution in [1.82, 2.24) is 0 Å². The zero-order valence-electron chi connectivity index (χ0n) is 35.0. The Balaban J connectivity index is 1.15. The van der Waals surface area contributed by atoms with Crippen LogP contribution in [0, 0.1) is 0 Å². The Bertz CT molecular complexity index is 3970. The Morgan fingerprint density at radius 2 is 0.750 bits per heavy atom. The lowest BCUT2D eigenvalue weighted by Gasteiger charge is -2.34. The molecule has 0 atom stereocenters. The molecule has 0 saturated heterocycles. The van der Waals surface area contributed by atoms with Gasteiger partial charge in [-0.1, -0.05) is 206 Å². The monoisotopic (exact) mass is 809 g/mol. The van der Waals surface area contributed by atoms with E-state index in [9.17, 15) is 0 Å². The van der Waals surface area contributed by atoms with Crippen LogP contribution in [0.3, 0.4) is 0 Å². The van der Waals surface area contributed by atoms with E-state index in [1.54, 1.807) is 0 Å². The lowest BCUT2D eigenvalue weighted by Crippen LogP contribution is -2.28. The molecule has 1 heteroatoms. The van der Waals surface area contributed by atoms with Crippen molar-refractivity contribution in [3.05, 3.63) is 259 Å². The van der Waals surface area contributed by atoms with Gasteiger partial charge in [0.15, 0.2) is 0 Å². The minimum absolute atomic E-state index is 0.526. The average Bonchev–Trinajstić information content (AvgIpc) is 3.67. The number of anilines is 3. The van der Waals surface area contributed by atoms with Crippen LogP contribution in [-0.4, -0.2) is 0 Å². The number of nitrogens with zero attached hydrogens (tertiary/aromatic N) is 1. The first kappa shape index (κ1) is 35.3. The number of hydrogen-bond donors (Lipinski definition) is 0. The van der Waals surface area contributed by atoms with Gasteiger partial charge in [-0.2, -0.15) is 0 Å². The van der Waals surface area contributed by atoms with Crippen LogP contribution >= 0.6 is 0 Å². The van der Waals surface area contributed by atoms with E-state index < -0.39 is 5.41 Å². The zero-order chi connectivity index (χ0) is 41.9. The molecule has 296 valence electrons. The molecule has 0 bridgehead atoms. The molecule has 0 N–H and O–H groups in total. The summed E-state index contributed by atoms with van der Waals surface area (Å²) in [5.41, 5.74) is 10.5. The molecular formula is C63H39N. The summed E-state index contributed by atoms with van der Waals surface area (Å²) < 4.78 is 0.